The monoisotopic (exact) mass is 137 g/mol. The first-order chi connectivity index (χ1) is 4.47. The zero-order valence-corrected chi connectivity index (χ0v) is 5.79. The van der Waals surface area contributed by atoms with Gasteiger partial charge in [-0.05, 0) is 12.8 Å². The van der Waals surface area contributed by atoms with Crippen molar-refractivity contribution in [3.05, 3.63) is 28.6 Å². The lowest BCUT2D eigenvalue weighted by atomic mass is 10.1. The van der Waals surface area contributed by atoms with Crippen LogP contribution in [0.15, 0.2) is 22.8 Å². The minimum Gasteiger partial charge on any atom is -0.367 e. The zero-order valence-electron chi connectivity index (χ0n) is 4.98. The summed E-state index contributed by atoms with van der Waals surface area (Å²) in [5.74, 6) is 3.01. The van der Waals surface area contributed by atoms with E-state index >= 15 is 0 Å². The standard InChI is InChI=1S/C7H7NS/c1-2-4-7-6(3-1)8-5-9-7/h2,4,8H,1,3H2. The minimum atomic E-state index is 1.16. The third kappa shape index (κ3) is 0.874. The second kappa shape index (κ2) is 2.10. The van der Waals surface area contributed by atoms with Crippen LogP contribution in [0.5, 0.6) is 0 Å². The lowest BCUT2D eigenvalue weighted by molar-refractivity contribution is 0.868. The Morgan fingerprint density at radius 2 is 2.67 bits per heavy atom. The molecule has 2 radical (unpaired) electrons. The van der Waals surface area contributed by atoms with Crippen molar-refractivity contribution >= 4 is 11.8 Å². The summed E-state index contributed by atoms with van der Waals surface area (Å²) in [5.41, 5.74) is 1.35. The third-order valence-corrected chi connectivity index (χ3v) is 2.30. The number of hydrogen-bond acceptors (Lipinski definition) is 2. The van der Waals surface area contributed by atoms with Crippen LogP contribution >= 0.6 is 11.8 Å². The van der Waals surface area contributed by atoms with Gasteiger partial charge in [0, 0.05) is 10.6 Å². The van der Waals surface area contributed by atoms with E-state index in [-0.39, 0.29) is 0 Å². The van der Waals surface area contributed by atoms with E-state index in [4.69, 9.17) is 0 Å². The Morgan fingerprint density at radius 1 is 1.67 bits per heavy atom. The molecule has 1 nitrogen and oxygen atoms in total. The topological polar surface area (TPSA) is 12.0 Å². The number of nitrogens with one attached hydrogen (secondary N) is 1. The SMILES string of the molecule is [C]1NC2=C(C=CCC2)S1. The molecule has 0 amide bonds. The highest BCUT2D eigenvalue weighted by atomic mass is 32.2. The fourth-order valence-electron chi connectivity index (χ4n) is 1.00. The predicted octanol–water partition coefficient (Wildman–Crippen LogP) is 1.88. The highest BCUT2D eigenvalue weighted by Crippen LogP contribution is 2.33. The molecule has 9 heavy (non-hydrogen) atoms. The van der Waals surface area contributed by atoms with Crippen molar-refractivity contribution in [3.63, 3.8) is 0 Å². The van der Waals surface area contributed by atoms with E-state index in [1.165, 1.54) is 17.0 Å². The summed E-state index contributed by atoms with van der Waals surface area (Å²) >= 11 is 1.66. The van der Waals surface area contributed by atoms with Gasteiger partial charge in [-0.1, -0.05) is 23.9 Å². The summed E-state index contributed by atoms with van der Waals surface area (Å²) in [4.78, 5) is 1.35. The van der Waals surface area contributed by atoms with E-state index < -0.39 is 0 Å². The van der Waals surface area contributed by atoms with Crippen LogP contribution in [0.25, 0.3) is 0 Å². The van der Waals surface area contributed by atoms with Gasteiger partial charge in [0.05, 0.1) is 0 Å². The molecule has 0 fully saturated rings. The quantitative estimate of drug-likeness (QED) is 0.547. The lowest BCUT2D eigenvalue weighted by Gasteiger charge is -2.05. The average molecular weight is 137 g/mol. The van der Waals surface area contributed by atoms with Crippen LogP contribution in [0.1, 0.15) is 12.8 Å². The molecule has 1 aliphatic heterocycles. The second-order valence-corrected chi connectivity index (χ2v) is 2.96. The van der Waals surface area contributed by atoms with Gasteiger partial charge in [-0.2, -0.15) is 0 Å². The number of hydrogen-bond donors (Lipinski definition) is 1. The largest absolute Gasteiger partial charge is 0.367 e. The molecule has 0 saturated heterocycles. The number of allylic oxidation sites excluding steroid dienone is 3. The Kier molecular flexibility index (Phi) is 1.27. The molecular formula is C7H7NS. The first kappa shape index (κ1) is 5.42. The summed E-state index contributed by atoms with van der Waals surface area (Å²) in [5, 5.41) is 3.10. The first-order valence-electron chi connectivity index (χ1n) is 3.04. The van der Waals surface area contributed by atoms with Crippen LogP contribution < -0.4 is 5.32 Å². The lowest BCUT2D eigenvalue weighted by Crippen LogP contribution is -2.03. The number of thioether (sulfide) groups is 1. The van der Waals surface area contributed by atoms with Crippen molar-refractivity contribution in [2.75, 3.05) is 0 Å². The second-order valence-electron chi connectivity index (χ2n) is 2.11. The van der Waals surface area contributed by atoms with Crippen LogP contribution in [0.3, 0.4) is 0 Å². The molecule has 0 unspecified atom stereocenters. The van der Waals surface area contributed by atoms with Gasteiger partial charge < -0.3 is 5.32 Å². The Labute approximate surface area is 59.2 Å². The third-order valence-electron chi connectivity index (χ3n) is 1.49. The van der Waals surface area contributed by atoms with Crippen molar-refractivity contribution in [1.82, 2.24) is 5.32 Å². The van der Waals surface area contributed by atoms with Crippen molar-refractivity contribution in [2.24, 2.45) is 0 Å². The Morgan fingerprint density at radius 3 is 3.56 bits per heavy atom. The molecule has 0 spiro atoms. The van der Waals surface area contributed by atoms with E-state index in [0.29, 0.717) is 0 Å². The van der Waals surface area contributed by atoms with Crippen molar-refractivity contribution < 1.29 is 0 Å². The van der Waals surface area contributed by atoms with Gasteiger partial charge in [0.15, 0.2) is 5.88 Å². The summed E-state index contributed by atoms with van der Waals surface area (Å²) < 4.78 is 0. The predicted molar refractivity (Wildman–Crippen MR) is 39.4 cm³/mol. The van der Waals surface area contributed by atoms with Crippen LogP contribution in [0.4, 0.5) is 0 Å². The van der Waals surface area contributed by atoms with E-state index in [2.05, 4.69) is 23.3 Å². The van der Waals surface area contributed by atoms with E-state index in [9.17, 15) is 0 Å². The van der Waals surface area contributed by atoms with Gasteiger partial charge in [0.25, 0.3) is 0 Å². The van der Waals surface area contributed by atoms with E-state index in [1.807, 2.05) is 0 Å². The van der Waals surface area contributed by atoms with Crippen molar-refractivity contribution in [3.8, 4) is 0 Å². The smallest absolute Gasteiger partial charge is 0.161 e. The normalized spacial score (nSPS) is 24.0. The van der Waals surface area contributed by atoms with Gasteiger partial charge in [0.1, 0.15) is 0 Å². The highest BCUT2D eigenvalue weighted by Gasteiger charge is 2.14. The maximum absolute atomic E-state index is 3.10. The molecule has 0 aromatic carbocycles. The number of rotatable bonds is 0. The summed E-state index contributed by atoms with van der Waals surface area (Å²) in [6, 6.07) is 0. The molecule has 0 aromatic rings. The van der Waals surface area contributed by atoms with Crippen LogP contribution in [0, 0.1) is 5.88 Å². The van der Waals surface area contributed by atoms with Crippen molar-refractivity contribution in [1.29, 1.82) is 0 Å². The molecule has 46 valence electrons. The van der Waals surface area contributed by atoms with Crippen molar-refractivity contribution in [2.45, 2.75) is 12.8 Å². The molecule has 0 saturated carbocycles. The fraction of sp³-hybridized carbons (Fsp3) is 0.286. The summed E-state index contributed by atoms with van der Waals surface area (Å²) in [6.07, 6.45) is 6.71. The van der Waals surface area contributed by atoms with Crippen LogP contribution in [-0.4, -0.2) is 0 Å². The highest BCUT2D eigenvalue weighted by molar-refractivity contribution is 8.05. The molecule has 2 rings (SSSR count). The zero-order chi connectivity index (χ0) is 6.10. The minimum absolute atomic E-state index is 1.16. The molecule has 2 heteroatoms. The van der Waals surface area contributed by atoms with E-state index in [0.717, 1.165) is 6.42 Å². The van der Waals surface area contributed by atoms with Gasteiger partial charge in [0.2, 0.25) is 0 Å². The van der Waals surface area contributed by atoms with Crippen LogP contribution in [0.2, 0.25) is 0 Å². The maximum atomic E-state index is 3.10. The molecule has 0 bridgehead atoms. The summed E-state index contributed by atoms with van der Waals surface area (Å²) in [6.45, 7) is 0. The Balaban J connectivity index is 2.28. The molecule has 2 aliphatic rings. The Hall–Kier alpha value is -0.370. The Bertz CT molecular complexity index is 181. The molecule has 0 aromatic heterocycles. The molecular weight excluding hydrogens is 130 g/mol. The van der Waals surface area contributed by atoms with Gasteiger partial charge >= 0.3 is 0 Å². The average Bonchev–Trinajstić information content (AvgIpc) is 2.33. The fourth-order valence-corrected chi connectivity index (χ4v) is 1.73. The molecule has 1 N–H and O–H groups in total. The van der Waals surface area contributed by atoms with Crippen LogP contribution in [-0.2, 0) is 0 Å². The summed E-state index contributed by atoms with van der Waals surface area (Å²) in [7, 11) is 0. The maximum Gasteiger partial charge on any atom is 0.161 e. The van der Waals surface area contributed by atoms with Gasteiger partial charge in [-0.3, -0.25) is 0 Å². The van der Waals surface area contributed by atoms with Gasteiger partial charge in [-0.25, -0.2) is 0 Å². The molecule has 1 aliphatic carbocycles. The van der Waals surface area contributed by atoms with Gasteiger partial charge in [-0.15, -0.1) is 0 Å². The first-order valence-corrected chi connectivity index (χ1v) is 3.86. The molecule has 1 heterocycles. The molecule has 0 atom stereocenters. The van der Waals surface area contributed by atoms with E-state index in [1.54, 1.807) is 11.8 Å².